The number of nitro groups is 1. The number of benzene rings is 2. The molecule has 0 radical (unpaired) electrons. The molecule has 0 saturated carbocycles. The molecule has 0 saturated heterocycles. The topological polar surface area (TPSA) is 115 Å². The van der Waals surface area contributed by atoms with Crippen LogP contribution in [0.15, 0.2) is 54.6 Å². The van der Waals surface area contributed by atoms with Gasteiger partial charge in [0, 0.05) is 23.3 Å². The fourth-order valence-corrected chi connectivity index (χ4v) is 3.29. The van der Waals surface area contributed by atoms with Gasteiger partial charge in [0.15, 0.2) is 0 Å². The van der Waals surface area contributed by atoms with E-state index in [1.165, 1.54) is 25.0 Å². The molecule has 158 valence electrons. The van der Waals surface area contributed by atoms with Gasteiger partial charge >= 0.3 is 0 Å². The quantitative estimate of drug-likeness (QED) is 0.270. The number of nitro benzene ring substituents is 1. The number of nitrogen functional groups attached to an aromatic ring is 1. The predicted octanol–water partition coefficient (Wildman–Crippen LogP) is 5.74. The average molecular weight is 416 g/mol. The number of hydrogen-bond donors (Lipinski definition) is 1. The molecule has 1 aromatic heterocycles. The maximum absolute atomic E-state index is 11.1. The highest BCUT2D eigenvalue weighted by atomic mass is 16.6. The number of nitriles is 1. The van der Waals surface area contributed by atoms with Crippen LogP contribution in [0.2, 0.25) is 0 Å². The van der Waals surface area contributed by atoms with Crippen molar-refractivity contribution in [1.82, 2.24) is 4.98 Å². The van der Waals surface area contributed by atoms with Crippen LogP contribution >= 0.6 is 0 Å². The molecule has 0 atom stereocenters. The van der Waals surface area contributed by atoms with Crippen molar-refractivity contribution in [2.45, 2.75) is 32.6 Å². The van der Waals surface area contributed by atoms with Crippen LogP contribution in [0, 0.1) is 21.4 Å². The van der Waals surface area contributed by atoms with Gasteiger partial charge in [0.05, 0.1) is 17.2 Å². The van der Waals surface area contributed by atoms with Gasteiger partial charge in [-0.25, -0.2) is 4.98 Å². The molecule has 0 amide bonds. The smallest absolute Gasteiger partial charge is 0.270 e. The van der Waals surface area contributed by atoms with Gasteiger partial charge < -0.3 is 10.5 Å². The summed E-state index contributed by atoms with van der Waals surface area (Å²) in [7, 11) is 0. The van der Waals surface area contributed by atoms with Crippen molar-refractivity contribution in [2.75, 3.05) is 12.3 Å². The summed E-state index contributed by atoms with van der Waals surface area (Å²) in [6.07, 6.45) is 4.55. The van der Waals surface area contributed by atoms with E-state index in [0.29, 0.717) is 23.4 Å². The monoisotopic (exact) mass is 416 g/mol. The largest absolute Gasteiger partial charge is 0.494 e. The van der Waals surface area contributed by atoms with Crippen molar-refractivity contribution >= 4 is 11.5 Å². The summed E-state index contributed by atoms with van der Waals surface area (Å²) in [6, 6.07) is 17.5. The number of nitrogens with two attached hydrogens (primary N) is 1. The Morgan fingerprint density at radius 3 is 2.55 bits per heavy atom. The van der Waals surface area contributed by atoms with Crippen molar-refractivity contribution in [3.8, 4) is 34.2 Å². The number of pyridine rings is 1. The second kappa shape index (κ2) is 10.2. The average Bonchev–Trinajstić information content (AvgIpc) is 2.79. The number of anilines is 1. The summed E-state index contributed by atoms with van der Waals surface area (Å²) in [5, 5.41) is 20.7. The zero-order valence-electron chi connectivity index (χ0n) is 17.4. The summed E-state index contributed by atoms with van der Waals surface area (Å²) in [5.41, 5.74) is 8.70. The fraction of sp³-hybridized carbons (Fsp3) is 0.250. The Bertz CT molecular complexity index is 1100. The molecule has 0 unspecified atom stereocenters. The highest BCUT2D eigenvalue weighted by Crippen LogP contribution is 2.33. The molecule has 1 heterocycles. The molecule has 0 spiro atoms. The van der Waals surface area contributed by atoms with Gasteiger partial charge in [-0.3, -0.25) is 10.1 Å². The van der Waals surface area contributed by atoms with Crippen molar-refractivity contribution < 1.29 is 9.66 Å². The SMILES string of the molecule is CCCCCCOc1ccc(-c2cc(-c3cccc([N+](=O)[O-])c3)nc(N)c2C#N)cc1. The van der Waals surface area contributed by atoms with Gasteiger partial charge in [0.2, 0.25) is 0 Å². The first-order valence-electron chi connectivity index (χ1n) is 10.2. The van der Waals surface area contributed by atoms with Gasteiger partial charge in [-0.05, 0) is 30.2 Å². The van der Waals surface area contributed by atoms with Crippen molar-refractivity contribution in [1.29, 1.82) is 5.26 Å². The molecule has 7 nitrogen and oxygen atoms in total. The van der Waals surface area contributed by atoms with Crippen molar-refractivity contribution in [3.05, 3.63) is 70.3 Å². The zero-order valence-corrected chi connectivity index (χ0v) is 17.4. The van der Waals surface area contributed by atoms with Crippen LogP contribution in [0.3, 0.4) is 0 Å². The lowest BCUT2D eigenvalue weighted by Crippen LogP contribution is -2.00. The summed E-state index contributed by atoms with van der Waals surface area (Å²) in [5.74, 6) is 0.845. The first-order chi connectivity index (χ1) is 15.0. The molecule has 3 aromatic rings. The summed E-state index contributed by atoms with van der Waals surface area (Å²) < 4.78 is 5.79. The molecule has 0 bridgehead atoms. The Hall–Kier alpha value is -3.92. The Labute approximate surface area is 181 Å². The Morgan fingerprint density at radius 2 is 1.87 bits per heavy atom. The third-order valence-electron chi connectivity index (χ3n) is 4.94. The standard InChI is InChI=1S/C24H24N4O3/c1-2-3-4-5-13-31-20-11-9-17(10-12-20)21-15-23(27-24(26)22(21)16-25)18-7-6-8-19(14-18)28(29)30/h6-12,14-15H,2-5,13H2,1H3,(H2,26,27). The third-order valence-corrected chi connectivity index (χ3v) is 4.94. The normalized spacial score (nSPS) is 10.5. The lowest BCUT2D eigenvalue weighted by Gasteiger charge is -2.11. The molecule has 0 aliphatic carbocycles. The van der Waals surface area contributed by atoms with E-state index >= 15 is 0 Å². The summed E-state index contributed by atoms with van der Waals surface area (Å²) in [6.45, 7) is 2.84. The maximum Gasteiger partial charge on any atom is 0.270 e. The van der Waals surface area contributed by atoms with Gasteiger partial charge in [-0.2, -0.15) is 5.26 Å². The number of non-ortho nitro benzene ring substituents is 1. The van der Waals surface area contributed by atoms with E-state index in [9.17, 15) is 15.4 Å². The minimum atomic E-state index is -0.460. The van der Waals surface area contributed by atoms with Crippen molar-refractivity contribution in [2.24, 2.45) is 0 Å². The van der Waals surface area contributed by atoms with E-state index in [4.69, 9.17) is 10.5 Å². The van der Waals surface area contributed by atoms with Gasteiger partial charge in [0.1, 0.15) is 23.2 Å². The Kier molecular flexibility index (Phi) is 7.17. The van der Waals surface area contributed by atoms with E-state index in [0.717, 1.165) is 24.2 Å². The van der Waals surface area contributed by atoms with E-state index in [2.05, 4.69) is 18.0 Å². The molecule has 2 aromatic carbocycles. The number of unbranched alkanes of at least 4 members (excludes halogenated alkanes) is 3. The lowest BCUT2D eigenvalue weighted by atomic mass is 9.98. The van der Waals surface area contributed by atoms with Crippen LogP contribution in [0.5, 0.6) is 5.75 Å². The number of aromatic nitrogens is 1. The highest BCUT2D eigenvalue weighted by Gasteiger charge is 2.15. The van der Waals surface area contributed by atoms with Crippen molar-refractivity contribution in [3.63, 3.8) is 0 Å². The Morgan fingerprint density at radius 1 is 1.10 bits per heavy atom. The number of rotatable bonds is 9. The van der Waals surface area contributed by atoms with Crippen LogP contribution in [-0.2, 0) is 0 Å². The van der Waals surface area contributed by atoms with Crippen LogP contribution in [-0.4, -0.2) is 16.5 Å². The molecule has 7 heteroatoms. The zero-order chi connectivity index (χ0) is 22.2. The van der Waals surface area contributed by atoms with Gasteiger partial charge in [-0.1, -0.05) is 50.5 Å². The van der Waals surface area contributed by atoms with E-state index in [1.54, 1.807) is 18.2 Å². The number of ether oxygens (including phenoxy) is 1. The van der Waals surface area contributed by atoms with E-state index in [-0.39, 0.29) is 17.1 Å². The highest BCUT2D eigenvalue weighted by molar-refractivity contribution is 5.80. The molecule has 3 rings (SSSR count). The third kappa shape index (κ3) is 5.37. The van der Waals surface area contributed by atoms with Crippen LogP contribution in [0.25, 0.3) is 22.4 Å². The van der Waals surface area contributed by atoms with E-state index < -0.39 is 4.92 Å². The summed E-state index contributed by atoms with van der Waals surface area (Å²) in [4.78, 5) is 14.9. The second-order valence-corrected chi connectivity index (χ2v) is 7.17. The Balaban J connectivity index is 1.89. The van der Waals surface area contributed by atoms with Crippen LogP contribution in [0.4, 0.5) is 11.5 Å². The molecule has 0 aliphatic heterocycles. The van der Waals surface area contributed by atoms with Gasteiger partial charge in [-0.15, -0.1) is 0 Å². The number of nitrogens with zero attached hydrogens (tertiary/aromatic N) is 3. The number of hydrogen-bond acceptors (Lipinski definition) is 6. The van der Waals surface area contributed by atoms with Crippen LogP contribution in [0.1, 0.15) is 38.2 Å². The molecule has 0 fully saturated rings. The molecule has 31 heavy (non-hydrogen) atoms. The first-order valence-corrected chi connectivity index (χ1v) is 10.2. The molecule has 2 N–H and O–H groups in total. The van der Waals surface area contributed by atoms with E-state index in [1.807, 2.05) is 24.3 Å². The first kappa shape index (κ1) is 21.8. The predicted molar refractivity (Wildman–Crippen MR) is 121 cm³/mol. The minimum Gasteiger partial charge on any atom is -0.494 e. The minimum absolute atomic E-state index is 0.0378. The van der Waals surface area contributed by atoms with Gasteiger partial charge in [0.25, 0.3) is 5.69 Å². The molecule has 0 aliphatic rings. The summed E-state index contributed by atoms with van der Waals surface area (Å²) >= 11 is 0. The fourth-order valence-electron chi connectivity index (χ4n) is 3.29. The van der Waals surface area contributed by atoms with Crippen LogP contribution < -0.4 is 10.5 Å². The molecular weight excluding hydrogens is 392 g/mol. The lowest BCUT2D eigenvalue weighted by molar-refractivity contribution is -0.384. The second-order valence-electron chi connectivity index (χ2n) is 7.17. The molecular formula is C24H24N4O3. The maximum atomic E-state index is 11.1.